The van der Waals surface area contributed by atoms with Gasteiger partial charge in [0.15, 0.2) is 5.75 Å². The molecule has 0 aliphatic rings. The van der Waals surface area contributed by atoms with E-state index in [2.05, 4.69) is 47.1 Å². The normalized spacial score (nSPS) is 11.2. The Morgan fingerprint density at radius 1 is 0.857 bits per heavy atom. The Balaban J connectivity index is 1.71. The molecule has 0 saturated carbocycles. The fourth-order valence-electron chi connectivity index (χ4n) is 2.26. The molecular formula is C21H15Br2N3O2. The number of benzene rings is 3. The molecule has 0 spiro atoms. The number of nitrogens with zero attached hydrogens (tertiary/aromatic N) is 3. The van der Waals surface area contributed by atoms with Gasteiger partial charge in [-0.15, -0.1) is 0 Å². The first-order valence-corrected chi connectivity index (χ1v) is 9.88. The molecule has 3 aromatic rings. The number of azo groups is 1. The molecule has 28 heavy (non-hydrogen) atoms. The zero-order valence-electron chi connectivity index (χ0n) is 14.8. The summed E-state index contributed by atoms with van der Waals surface area (Å²) in [5.74, 6) is 0.0603. The monoisotopic (exact) mass is 499 g/mol. The van der Waals surface area contributed by atoms with Crippen LogP contribution >= 0.6 is 31.9 Å². The minimum absolute atomic E-state index is 0.382. The van der Waals surface area contributed by atoms with E-state index in [0.717, 1.165) is 22.6 Å². The standard InChI is InChI=1S/C21H15Br2N3O2/c1-14(27)28-21-19(22)11-15(12-20(21)23)13-24-16-7-9-18(10-8-16)26-25-17-5-3-2-4-6-17/h2-13H,1H3. The lowest BCUT2D eigenvalue weighted by molar-refractivity contribution is -0.131. The van der Waals surface area contributed by atoms with Gasteiger partial charge in [-0.1, -0.05) is 18.2 Å². The Morgan fingerprint density at radius 3 is 1.96 bits per heavy atom. The summed E-state index contributed by atoms with van der Waals surface area (Å²) in [6, 6.07) is 20.7. The predicted octanol–water partition coefficient (Wildman–Crippen LogP) is 7.30. The highest BCUT2D eigenvalue weighted by Gasteiger charge is 2.10. The van der Waals surface area contributed by atoms with Crippen molar-refractivity contribution in [3.63, 3.8) is 0 Å². The quantitative estimate of drug-likeness (QED) is 0.159. The Morgan fingerprint density at radius 2 is 1.39 bits per heavy atom. The average molecular weight is 501 g/mol. The van der Waals surface area contributed by atoms with Gasteiger partial charge in [-0.3, -0.25) is 9.79 Å². The number of hydrogen-bond donors (Lipinski definition) is 0. The molecule has 0 aliphatic carbocycles. The van der Waals surface area contributed by atoms with Crippen LogP contribution in [-0.2, 0) is 4.79 Å². The van der Waals surface area contributed by atoms with Crippen LogP contribution < -0.4 is 4.74 Å². The molecule has 0 unspecified atom stereocenters. The number of esters is 1. The molecule has 0 saturated heterocycles. The largest absolute Gasteiger partial charge is 0.424 e. The van der Waals surface area contributed by atoms with Crippen LogP contribution in [0, 0.1) is 0 Å². The lowest BCUT2D eigenvalue weighted by Gasteiger charge is -2.07. The summed E-state index contributed by atoms with van der Waals surface area (Å²) in [6.45, 7) is 1.36. The third kappa shape index (κ3) is 5.68. The van der Waals surface area contributed by atoms with Crippen molar-refractivity contribution in [2.24, 2.45) is 15.2 Å². The number of carbonyl (C=O) groups excluding carboxylic acids is 1. The molecular weight excluding hydrogens is 486 g/mol. The molecule has 0 radical (unpaired) electrons. The summed E-state index contributed by atoms with van der Waals surface area (Å²) in [7, 11) is 0. The van der Waals surface area contributed by atoms with Gasteiger partial charge in [0.05, 0.1) is 26.0 Å². The Kier molecular flexibility index (Phi) is 6.84. The van der Waals surface area contributed by atoms with Crippen LogP contribution in [-0.4, -0.2) is 12.2 Å². The van der Waals surface area contributed by atoms with Gasteiger partial charge in [-0.2, -0.15) is 10.2 Å². The van der Waals surface area contributed by atoms with Crippen LogP contribution in [0.4, 0.5) is 17.1 Å². The van der Waals surface area contributed by atoms with Crippen LogP contribution in [0.25, 0.3) is 0 Å². The molecule has 7 heteroatoms. The summed E-state index contributed by atoms with van der Waals surface area (Å²) in [5, 5.41) is 8.40. The molecule has 0 amide bonds. The van der Waals surface area contributed by atoms with Gasteiger partial charge in [-0.25, -0.2) is 0 Å². The van der Waals surface area contributed by atoms with Crippen molar-refractivity contribution in [1.82, 2.24) is 0 Å². The number of rotatable bonds is 5. The fraction of sp³-hybridized carbons (Fsp3) is 0.0476. The first-order chi connectivity index (χ1) is 13.5. The molecule has 5 nitrogen and oxygen atoms in total. The highest BCUT2D eigenvalue weighted by Crippen LogP contribution is 2.34. The molecule has 140 valence electrons. The van der Waals surface area contributed by atoms with Crippen molar-refractivity contribution in [2.75, 3.05) is 0 Å². The Bertz CT molecular complexity index is 1010. The van der Waals surface area contributed by atoms with E-state index >= 15 is 0 Å². The van der Waals surface area contributed by atoms with Gasteiger partial charge in [-0.05, 0) is 86.0 Å². The van der Waals surface area contributed by atoms with Crippen molar-refractivity contribution >= 4 is 61.1 Å². The second-order valence-corrected chi connectivity index (χ2v) is 7.43. The van der Waals surface area contributed by atoms with Crippen LogP contribution in [0.5, 0.6) is 5.75 Å². The van der Waals surface area contributed by atoms with E-state index in [9.17, 15) is 4.79 Å². The molecule has 3 rings (SSSR count). The van der Waals surface area contributed by atoms with Crippen molar-refractivity contribution in [2.45, 2.75) is 6.92 Å². The molecule has 0 aliphatic heterocycles. The second kappa shape index (κ2) is 9.52. The number of halogens is 2. The highest BCUT2D eigenvalue weighted by molar-refractivity contribution is 9.11. The third-order valence-corrected chi connectivity index (χ3v) is 4.69. The summed E-state index contributed by atoms with van der Waals surface area (Å²) in [4.78, 5) is 15.6. The number of ether oxygens (including phenoxy) is 1. The molecule has 0 bridgehead atoms. The van der Waals surface area contributed by atoms with Crippen molar-refractivity contribution < 1.29 is 9.53 Å². The molecule has 0 aromatic heterocycles. The maximum atomic E-state index is 11.2. The van der Waals surface area contributed by atoms with E-state index in [1.807, 2.05) is 66.7 Å². The van der Waals surface area contributed by atoms with E-state index < -0.39 is 0 Å². The first kappa shape index (κ1) is 20.1. The summed E-state index contributed by atoms with van der Waals surface area (Å²) < 4.78 is 6.49. The van der Waals surface area contributed by atoms with Crippen LogP contribution in [0.3, 0.4) is 0 Å². The highest BCUT2D eigenvalue weighted by atomic mass is 79.9. The number of aliphatic imine (C=N–C) groups is 1. The van der Waals surface area contributed by atoms with E-state index in [1.165, 1.54) is 6.92 Å². The van der Waals surface area contributed by atoms with Gasteiger partial charge in [0.1, 0.15) is 0 Å². The van der Waals surface area contributed by atoms with Gasteiger partial charge in [0.25, 0.3) is 0 Å². The maximum Gasteiger partial charge on any atom is 0.308 e. The zero-order chi connectivity index (χ0) is 19.9. The zero-order valence-corrected chi connectivity index (χ0v) is 18.0. The van der Waals surface area contributed by atoms with E-state index in [1.54, 1.807) is 6.21 Å². The predicted molar refractivity (Wildman–Crippen MR) is 117 cm³/mol. The Labute approximate surface area is 179 Å². The van der Waals surface area contributed by atoms with Crippen LogP contribution in [0.2, 0.25) is 0 Å². The maximum absolute atomic E-state index is 11.2. The molecule has 3 aromatic carbocycles. The molecule has 0 atom stereocenters. The van der Waals surface area contributed by atoms with E-state index in [-0.39, 0.29) is 5.97 Å². The van der Waals surface area contributed by atoms with Crippen molar-refractivity contribution in [3.05, 3.63) is 81.2 Å². The van der Waals surface area contributed by atoms with E-state index in [4.69, 9.17) is 4.74 Å². The topological polar surface area (TPSA) is 63.4 Å². The van der Waals surface area contributed by atoms with Gasteiger partial charge in [0, 0.05) is 13.1 Å². The van der Waals surface area contributed by atoms with Crippen LogP contribution in [0.1, 0.15) is 12.5 Å². The SMILES string of the molecule is CC(=O)Oc1c(Br)cc(C=Nc2ccc(N=Nc3ccccc3)cc2)cc1Br. The van der Waals surface area contributed by atoms with Crippen LogP contribution in [0.15, 0.2) is 90.9 Å². The Hall–Kier alpha value is -2.64. The molecule has 0 N–H and O–H groups in total. The van der Waals surface area contributed by atoms with Gasteiger partial charge >= 0.3 is 5.97 Å². The van der Waals surface area contributed by atoms with Crippen molar-refractivity contribution in [3.8, 4) is 5.75 Å². The smallest absolute Gasteiger partial charge is 0.308 e. The molecule has 0 heterocycles. The number of carbonyl (C=O) groups is 1. The number of hydrogen-bond acceptors (Lipinski definition) is 5. The summed E-state index contributed by atoms with van der Waals surface area (Å²) >= 11 is 6.81. The first-order valence-electron chi connectivity index (χ1n) is 8.29. The lowest BCUT2D eigenvalue weighted by Crippen LogP contribution is -2.03. The minimum atomic E-state index is -0.382. The van der Waals surface area contributed by atoms with Crippen molar-refractivity contribution in [1.29, 1.82) is 0 Å². The molecule has 0 fully saturated rings. The van der Waals surface area contributed by atoms with E-state index in [0.29, 0.717) is 14.7 Å². The summed E-state index contributed by atoms with van der Waals surface area (Å²) in [5.41, 5.74) is 3.19. The summed E-state index contributed by atoms with van der Waals surface area (Å²) in [6.07, 6.45) is 1.73. The third-order valence-electron chi connectivity index (χ3n) is 3.52. The average Bonchev–Trinajstić information content (AvgIpc) is 2.69. The second-order valence-electron chi connectivity index (χ2n) is 5.72. The van der Waals surface area contributed by atoms with Gasteiger partial charge < -0.3 is 4.74 Å². The lowest BCUT2D eigenvalue weighted by atomic mass is 10.2. The minimum Gasteiger partial charge on any atom is -0.424 e. The van der Waals surface area contributed by atoms with Gasteiger partial charge in [0.2, 0.25) is 0 Å². The fourth-order valence-corrected chi connectivity index (χ4v) is 3.64.